The van der Waals surface area contributed by atoms with Gasteiger partial charge in [-0.25, -0.2) is 0 Å². The van der Waals surface area contributed by atoms with Crippen LogP contribution in [0.15, 0.2) is 48.5 Å². The Morgan fingerprint density at radius 2 is 1.76 bits per heavy atom. The van der Waals surface area contributed by atoms with E-state index in [1.165, 1.54) is 5.56 Å². The molecule has 2 aromatic rings. The van der Waals surface area contributed by atoms with Crippen LogP contribution in [0.4, 0.5) is 0 Å². The summed E-state index contributed by atoms with van der Waals surface area (Å²) < 4.78 is 10.8. The lowest BCUT2D eigenvalue weighted by Gasteiger charge is -2.50. The Labute approximate surface area is 199 Å². The molecule has 2 aromatic carbocycles. The van der Waals surface area contributed by atoms with Gasteiger partial charge in [0, 0.05) is 32.6 Å². The predicted molar refractivity (Wildman–Crippen MR) is 134 cm³/mol. The van der Waals surface area contributed by atoms with Gasteiger partial charge in [0.2, 0.25) is 5.91 Å². The van der Waals surface area contributed by atoms with Crippen molar-refractivity contribution in [1.29, 1.82) is 0 Å². The molecule has 0 aromatic heterocycles. The minimum absolute atomic E-state index is 0.105. The van der Waals surface area contributed by atoms with Crippen molar-refractivity contribution in [3.8, 4) is 11.5 Å². The highest BCUT2D eigenvalue weighted by molar-refractivity contribution is 5.73. The number of piperidine rings is 1. The Hall–Kier alpha value is -2.53. The van der Waals surface area contributed by atoms with Crippen LogP contribution in [-0.4, -0.2) is 56.1 Å². The van der Waals surface area contributed by atoms with E-state index in [4.69, 9.17) is 9.47 Å². The van der Waals surface area contributed by atoms with Gasteiger partial charge >= 0.3 is 0 Å². The topological polar surface area (TPSA) is 42.0 Å². The fourth-order valence-electron chi connectivity index (χ4n) is 5.34. The zero-order valence-corrected chi connectivity index (χ0v) is 21.1. The molecule has 180 valence electrons. The van der Waals surface area contributed by atoms with Gasteiger partial charge in [0.05, 0.1) is 14.2 Å². The van der Waals surface area contributed by atoms with Gasteiger partial charge in [-0.2, -0.15) is 0 Å². The van der Waals surface area contributed by atoms with Crippen LogP contribution in [-0.2, 0) is 17.8 Å². The number of hydrogen-bond acceptors (Lipinski definition) is 4. The second kappa shape index (κ2) is 11.1. The predicted octanol–water partition coefficient (Wildman–Crippen LogP) is 5.03. The van der Waals surface area contributed by atoms with Crippen LogP contribution >= 0.6 is 0 Å². The maximum Gasteiger partial charge on any atom is 0.219 e. The van der Waals surface area contributed by atoms with Crippen LogP contribution in [0.5, 0.6) is 11.5 Å². The van der Waals surface area contributed by atoms with Gasteiger partial charge in [-0.15, -0.1) is 0 Å². The fourth-order valence-corrected chi connectivity index (χ4v) is 5.34. The number of rotatable bonds is 9. The monoisotopic (exact) mass is 452 g/mol. The standard InChI is InChI=1S/C28H40N2O3/c1-21-19-29(4)22(2)17-28(21,18-24-10-8-7-9-11-24)14-15-30(23(3)31)20-25-12-13-26(32-5)27(16-25)33-6/h7-13,16,21-22H,14-15,17-20H2,1-6H3/t21-,22+,28+/m0/s1. The SMILES string of the molecule is COc1ccc(CN(CC[C@]2(Cc3ccccc3)C[C@@H](C)N(C)C[C@@H]2C)C(C)=O)cc1OC. The molecule has 0 saturated carbocycles. The lowest BCUT2D eigenvalue weighted by atomic mass is 9.63. The van der Waals surface area contributed by atoms with Gasteiger partial charge in [-0.05, 0) is 67.8 Å². The van der Waals surface area contributed by atoms with Gasteiger partial charge < -0.3 is 19.3 Å². The van der Waals surface area contributed by atoms with E-state index < -0.39 is 0 Å². The number of ether oxygens (including phenoxy) is 2. The highest BCUT2D eigenvalue weighted by Gasteiger charge is 2.42. The Kier molecular flexibility index (Phi) is 8.41. The molecule has 0 radical (unpaired) electrons. The third-order valence-corrected chi connectivity index (χ3v) is 7.61. The van der Waals surface area contributed by atoms with E-state index in [0.29, 0.717) is 30.0 Å². The van der Waals surface area contributed by atoms with Gasteiger partial charge in [0.15, 0.2) is 11.5 Å². The first-order valence-corrected chi connectivity index (χ1v) is 12.0. The quantitative estimate of drug-likeness (QED) is 0.535. The summed E-state index contributed by atoms with van der Waals surface area (Å²) in [6.07, 6.45) is 3.19. The van der Waals surface area contributed by atoms with Crippen molar-refractivity contribution in [1.82, 2.24) is 9.80 Å². The third kappa shape index (κ3) is 6.08. The van der Waals surface area contributed by atoms with Crippen molar-refractivity contribution < 1.29 is 14.3 Å². The highest BCUT2D eigenvalue weighted by atomic mass is 16.5. The van der Waals surface area contributed by atoms with E-state index in [0.717, 1.165) is 37.9 Å². The average Bonchev–Trinajstić information content (AvgIpc) is 2.80. The number of hydrogen-bond donors (Lipinski definition) is 0. The maximum absolute atomic E-state index is 12.6. The number of carbonyl (C=O) groups is 1. The summed E-state index contributed by atoms with van der Waals surface area (Å²) in [6, 6.07) is 17.2. The molecule has 1 aliphatic heterocycles. The van der Waals surface area contributed by atoms with Crippen LogP contribution in [0.2, 0.25) is 0 Å². The first kappa shape index (κ1) is 25.1. The van der Waals surface area contributed by atoms with Crippen LogP contribution in [0.3, 0.4) is 0 Å². The van der Waals surface area contributed by atoms with Gasteiger partial charge in [0.25, 0.3) is 0 Å². The van der Waals surface area contributed by atoms with Crippen LogP contribution < -0.4 is 9.47 Å². The largest absolute Gasteiger partial charge is 0.493 e. The molecule has 0 aliphatic carbocycles. The van der Waals surface area contributed by atoms with Gasteiger partial charge in [-0.1, -0.05) is 43.3 Å². The van der Waals surface area contributed by atoms with E-state index in [-0.39, 0.29) is 11.3 Å². The number of nitrogens with zero attached hydrogens (tertiary/aromatic N) is 2. The number of benzene rings is 2. The molecule has 1 heterocycles. The Balaban J connectivity index is 1.80. The molecule has 3 rings (SSSR count). The van der Waals surface area contributed by atoms with Gasteiger partial charge in [-0.3, -0.25) is 4.79 Å². The number of methoxy groups -OCH3 is 2. The maximum atomic E-state index is 12.6. The first-order chi connectivity index (χ1) is 15.8. The molecule has 0 N–H and O–H groups in total. The Bertz CT molecular complexity index is 917. The van der Waals surface area contributed by atoms with E-state index in [1.807, 2.05) is 23.1 Å². The highest BCUT2D eigenvalue weighted by Crippen LogP contribution is 2.44. The zero-order valence-electron chi connectivity index (χ0n) is 21.1. The van der Waals surface area contributed by atoms with Crippen LogP contribution in [0.25, 0.3) is 0 Å². The van der Waals surface area contributed by atoms with E-state index in [2.05, 4.69) is 56.1 Å². The minimum Gasteiger partial charge on any atom is -0.493 e. The third-order valence-electron chi connectivity index (χ3n) is 7.61. The molecule has 5 heteroatoms. The van der Waals surface area contributed by atoms with Crippen molar-refractivity contribution in [3.63, 3.8) is 0 Å². The average molecular weight is 453 g/mol. The van der Waals surface area contributed by atoms with Crippen LogP contribution in [0.1, 0.15) is 44.7 Å². The van der Waals surface area contributed by atoms with Crippen LogP contribution in [0, 0.1) is 11.3 Å². The summed E-state index contributed by atoms with van der Waals surface area (Å²) in [7, 11) is 5.50. The molecule has 1 fully saturated rings. The summed E-state index contributed by atoms with van der Waals surface area (Å²) in [5, 5.41) is 0. The van der Waals surface area contributed by atoms with Crippen molar-refractivity contribution >= 4 is 5.91 Å². The summed E-state index contributed by atoms with van der Waals surface area (Å²) >= 11 is 0. The molecule has 0 spiro atoms. The fraction of sp³-hybridized carbons (Fsp3) is 0.536. The normalized spacial score (nSPS) is 23.2. The lowest BCUT2D eigenvalue weighted by molar-refractivity contribution is -0.130. The van der Waals surface area contributed by atoms with Gasteiger partial charge in [0.1, 0.15) is 0 Å². The van der Waals surface area contributed by atoms with Crippen molar-refractivity contribution in [2.75, 3.05) is 34.4 Å². The summed E-state index contributed by atoms with van der Waals surface area (Å²) in [5.74, 6) is 2.05. The second-order valence-electron chi connectivity index (χ2n) is 9.80. The second-order valence-corrected chi connectivity index (χ2v) is 9.80. The molecular formula is C28H40N2O3. The molecule has 0 unspecified atom stereocenters. The smallest absolute Gasteiger partial charge is 0.219 e. The Morgan fingerprint density at radius 3 is 2.39 bits per heavy atom. The molecule has 1 aliphatic rings. The number of likely N-dealkylation sites (tertiary alicyclic amines) is 1. The van der Waals surface area contributed by atoms with E-state index >= 15 is 0 Å². The lowest BCUT2D eigenvalue weighted by Crippen LogP contribution is -2.51. The van der Waals surface area contributed by atoms with Crippen molar-refractivity contribution in [2.24, 2.45) is 11.3 Å². The Morgan fingerprint density at radius 1 is 1.06 bits per heavy atom. The molecule has 5 nitrogen and oxygen atoms in total. The molecule has 1 saturated heterocycles. The van der Waals surface area contributed by atoms with Crippen molar-refractivity contribution in [3.05, 3.63) is 59.7 Å². The van der Waals surface area contributed by atoms with E-state index in [1.54, 1.807) is 21.1 Å². The summed E-state index contributed by atoms with van der Waals surface area (Å²) in [4.78, 5) is 17.1. The molecule has 0 bridgehead atoms. The zero-order chi connectivity index (χ0) is 24.0. The number of amides is 1. The molecular weight excluding hydrogens is 412 g/mol. The van der Waals surface area contributed by atoms with E-state index in [9.17, 15) is 4.79 Å². The minimum atomic E-state index is 0.105. The van der Waals surface area contributed by atoms with Crippen molar-refractivity contribution in [2.45, 2.75) is 52.6 Å². The summed E-state index contributed by atoms with van der Waals surface area (Å²) in [5.41, 5.74) is 2.60. The molecule has 3 atom stereocenters. The first-order valence-electron chi connectivity index (χ1n) is 12.0. The molecule has 1 amide bonds. The molecule has 33 heavy (non-hydrogen) atoms. The number of carbonyl (C=O) groups excluding carboxylic acids is 1. The summed E-state index contributed by atoms with van der Waals surface area (Å²) in [6.45, 7) is 8.79.